The summed E-state index contributed by atoms with van der Waals surface area (Å²) < 4.78 is 0. The molecule has 9 heteroatoms. The van der Waals surface area contributed by atoms with Gasteiger partial charge in [-0.2, -0.15) is 0 Å². The van der Waals surface area contributed by atoms with Crippen molar-refractivity contribution >= 4 is 41.8 Å². The lowest BCUT2D eigenvalue weighted by Crippen LogP contribution is -2.40. The molecule has 3 rings (SSSR count). The standard InChI is InChI=1S/C24H28ClN3O4.ClH/c25-20-8-6-16(7-9-20)19(15-27-23(30)18-10-12-26-13-11-18)14-21(29)28-22(24(31)32)17-4-2-1-3-5-17;/h1-9,18-19,22,26H,10-15H2,(H,27,30)(H,28,29)(H,31,32);1H/t19-,22-;/m0./s1. The number of halogens is 2. The number of hydrogen-bond donors (Lipinski definition) is 4. The smallest absolute Gasteiger partial charge is 0.330 e. The van der Waals surface area contributed by atoms with Crippen molar-refractivity contribution in [1.82, 2.24) is 16.0 Å². The third kappa shape index (κ3) is 8.03. The van der Waals surface area contributed by atoms with Crippen LogP contribution in [-0.4, -0.2) is 42.5 Å². The van der Waals surface area contributed by atoms with Gasteiger partial charge in [-0.15, -0.1) is 12.4 Å². The zero-order valence-electron chi connectivity index (χ0n) is 18.1. The van der Waals surface area contributed by atoms with Crippen LogP contribution in [0.2, 0.25) is 5.02 Å². The normalized spacial score (nSPS) is 15.5. The van der Waals surface area contributed by atoms with E-state index in [4.69, 9.17) is 11.6 Å². The number of carbonyl (C=O) groups is 3. The predicted octanol–water partition coefficient (Wildman–Crippen LogP) is 3.29. The minimum atomic E-state index is -1.14. The average Bonchev–Trinajstić information content (AvgIpc) is 2.81. The van der Waals surface area contributed by atoms with Gasteiger partial charge in [0.15, 0.2) is 6.04 Å². The van der Waals surface area contributed by atoms with E-state index in [1.807, 2.05) is 12.1 Å². The van der Waals surface area contributed by atoms with E-state index in [9.17, 15) is 19.5 Å². The molecule has 1 heterocycles. The highest BCUT2D eigenvalue weighted by molar-refractivity contribution is 6.30. The summed E-state index contributed by atoms with van der Waals surface area (Å²) in [4.78, 5) is 37.1. The first-order valence-corrected chi connectivity index (χ1v) is 11.1. The number of benzene rings is 2. The fourth-order valence-electron chi connectivity index (χ4n) is 3.87. The third-order valence-electron chi connectivity index (χ3n) is 5.69. The number of aliphatic carboxylic acids is 1. The summed E-state index contributed by atoms with van der Waals surface area (Å²) in [6.07, 6.45) is 1.61. The Balaban J connectivity index is 0.00000385. The Morgan fingerprint density at radius 2 is 1.64 bits per heavy atom. The molecule has 2 aromatic carbocycles. The predicted molar refractivity (Wildman–Crippen MR) is 130 cm³/mol. The lowest BCUT2D eigenvalue weighted by Gasteiger charge is -2.24. The van der Waals surface area contributed by atoms with Crippen molar-refractivity contribution in [2.75, 3.05) is 19.6 Å². The molecule has 0 spiro atoms. The van der Waals surface area contributed by atoms with E-state index in [0.717, 1.165) is 31.5 Å². The van der Waals surface area contributed by atoms with Gasteiger partial charge in [0.1, 0.15) is 0 Å². The molecule has 7 nitrogen and oxygen atoms in total. The zero-order chi connectivity index (χ0) is 22.9. The van der Waals surface area contributed by atoms with E-state index < -0.39 is 17.9 Å². The Bertz CT molecular complexity index is 919. The molecule has 0 radical (unpaired) electrons. The molecule has 0 aliphatic carbocycles. The first-order valence-electron chi connectivity index (χ1n) is 10.7. The molecule has 2 amide bonds. The summed E-state index contributed by atoms with van der Waals surface area (Å²) >= 11 is 6.00. The van der Waals surface area contributed by atoms with E-state index in [1.165, 1.54) is 0 Å². The second kappa shape index (κ2) is 13.2. The molecule has 1 fully saturated rings. The van der Waals surface area contributed by atoms with Crippen molar-refractivity contribution in [2.45, 2.75) is 31.2 Å². The van der Waals surface area contributed by atoms with E-state index in [0.29, 0.717) is 10.6 Å². The molecule has 0 bridgehead atoms. The van der Waals surface area contributed by atoms with Gasteiger partial charge in [0, 0.05) is 29.8 Å². The molecule has 2 atom stereocenters. The van der Waals surface area contributed by atoms with Crippen LogP contribution in [0.15, 0.2) is 54.6 Å². The molecular weight excluding hydrogens is 465 g/mol. The van der Waals surface area contributed by atoms with Crippen molar-refractivity contribution in [3.05, 3.63) is 70.7 Å². The summed E-state index contributed by atoms with van der Waals surface area (Å²) in [7, 11) is 0. The first-order chi connectivity index (χ1) is 15.4. The van der Waals surface area contributed by atoms with Crippen molar-refractivity contribution in [1.29, 1.82) is 0 Å². The van der Waals surface area contributed by atoms with Crippen LogP contribution in [0.3, 0.4) is 0 Å². The third-order valence-corrected chi connectivity index (χ3v) is 5.94. The minimum absolute atomic E-state index is 0. The van der Waals surface area contributed by atoms with Crippen LogP contribution in [-0.2, 0) is 14.4 Å². The number of rotatable bonds is 9. The van der Waals surface area contributed by atoms with Crippen LogP contribution in [0.1, 0.15) is 42.3 Å². The Hall–Kier alpha value is -2.61. The van der Waals surface area contributed by atoms with Gasteiger partial charge in [0.05, 0.1) is 0 Å². The van der Waals surface area contributed by atoms with Gasteiger partial charge < -0.3 is 21.1 Å². The molecule has 1 aliphatic heterocycles. The van der Waals surface area contributed by atoms with Gasteiger partial charge in [-0.25, -0.2) is 4.79 Å². The van der Waals surface area contributed by atoms with Gasteiger partial charge in [-0.1, -0.05) is 54.1 Å². The molecule has 1 saturated heterocycles. The second-order valence-corrected chi connectivity index (χ2v) is 8.41. The largest absolute Gasteiger partial charge is 0.479 e. The van der Waals surface area contributed by atoms with Crippen LogP contribution in [0.5, 0.6) is 0 Å². The van der Waals surface area contributed by atoms with E-state index in [2.05, 4.69) is 16.0 Å². The topological polar surface area (TPSA) is 108 Å². The quantitative estimate of drug-likeness (QED) is 0.428. The Kier molecular flexibility index (Phi) is 10.6. The monoisotopic (exact) mass is 493 g/mol. The zero-order valence-corrected chi connectivity index (χ0v) is 19.7. The number of hydrogen-bond acceptors (Lipinski definition) is 4. The molecule has 2 aromatic rings. The van der Waals surface area contributed by atoms with Crippen molar-refractivity contribution in [3.63, 3.8) is 0 Å². The summed E-state index contributed by atoms with van der Waals surface area (Å²) in [5.41, 5.74) is 1.34. The SMILES string of the molecule is Cl.O=C(C[C@@H](CNC(=O)C1CCNCC1)c1ccc(Cl)cc1)N[C@H](C(=O)O)c1ccccc1. The van der Waals surface area contributed by atoms with E-state index >= 15 is 0 Å². The van der Waals surface area contributed by atoms with Crippen LogP contribution in [0.4, 0.5) is 0 Å². The summed E-state index contributed by atoms with van der Waals surface area (Å²) in [5.74, 6) is -1.91. The maximum absolute atomic E-state index is 12.8. The maximum atomic E-state index is 12.8. The van der Waals surface area contributed by atoms with Gasteiger partial charge in [0.2, 0.25) is 11.8 Å². The molecule has 0 saturated carbocycles. The lowest BCUT2D eigenvalue weighted by atomic mass is 9.93. The molecule has 33 heavy (non-hydrogen) atoms. The van der Waals surface area contributed by atoms with Crippen LogP contribution in [0, 0.1) is 5.92 Å². The molecule has 1 aliphatic rings. The fraction of sp³-hybridized carbons (Fsp3) is 0.375. The first kappa shape index (κ1) is 26.6. The number of amides is 2. The highest BCUT2D eigenvalue weighted by Crippen LogP contribution is 2.23. The van der Waals surface area contributed by atoms with Crippen LogP contribution < -0.4 is 16.0 Å². The highest BCUT2D eigenvalue weighted by Gasteiger charge is 2.26. The van der Waals surface area contributed by atoms with Crippen LogP contribution >= 0.6 is 24.0 Å². The fourth-order valence-corrected chi connectivity index (χ4v) is 4.00. The van der Waals surface area contributed by atoms with Gasteiger partial charge in [-0.05, 0) is 49.2 Å². The lowest BCUT2D eigenvalue weighted by molar-refractivity contribution is -0.142. The average molecular weight is 494 g/mol. The molecule has 4 N–H and O–H groups in total. The molecule has 178 valence electrons. The van der Waals surface area contributed by atoms with Crippen molar-refractivity contribution in [2.24, 2.45) is 5.92 Å². The number of carboxylic acids is 1. The number of carbonyl (C=O) groups excluding carboxylic acids is 2. The summed E-state index contributed by atoms with van der Waals surface area (Å²) in [6.45, 7) is 1.91. The van der Waals surface area contributed by atoms with Crippen LogP contribution in [0.25, 0.3) is 0 Å². The van der Waals surface area contributed by atoms with Gasteiger partial charge in [-0.3, -0.25) is 9.59 Å². The maximum Gasteiger partial charge on any atom is 0.330 e. The number of nitrogens with one attached hydrogen (secondary N) is 3. The second-order valence-electron chi connectivity index (χ2n) is 7.97. The number of carboxylic acid groups (broad SMARTS) is 1. The van der Waals surface area contributed by atoms with E-state index in [-0.39, 0.29) is 43.1 Å². The van der Waals surface area contributed by atoms with Gasteiger partial charge in [0.25, 0.3) is 0 Å². The molecule has 0 aromatic heterocycles. The van der Waals surface area contributed by atoms with Crippen molar-refractivity contribution < 1.29 is 19.5 Å². The number of piperidine rings is 1. The van der Waals surface area contributed by atoms with Crippen molar-refractivity contribution in [3.8, 4) is 0 Å². The Labute approximate surface area is 204 Å². The summed E-state index contributed by atoms with van der Waals surface area (Å²) in [6, 6.07) is 14.5. The molecule has 0 unspecified atom stereocenters. The summed E-state index contributed by atoms with van der Waals surface area (Å²) in [5, 5.41) is 19.0. The van der Waals surface area contributed by atoms with E-state index in [1.54, 1.807) is 42.5 Å². The minimum Gasteiger partial charge on any atom is -0.479 e. The highest BCUT2D eigenvalue weighted by atomic mass is 35.5. The Morgan fingerprint density at radius 3 is 2.24 bits per heavy atom. The Morgan fingerprint density at radius 1 is 1.00 bits per heavy atom. The molecular formula is C24H29Cl2N3O4. The van der Waals surface area contributed by atoms with Gasteiger partial charge >= 0.3 is 5.97 Å².